The number of ketones is 4. The monoisotopic (exact) mass is 576 g/mol. The zero-order valence-electron chi connectivity index (χ0n) is 11.5. The first kappa shape index (κ1) is 16.8. The van der Waals surface area contributed by atoms with Crippen LogP contribution < -0.4 is 0 Å². The van der Waals surface area contributed by atoms with Gasteiger partial charge in [0.05, 0.1) is 0 Å². The molecule has 0 saturated heterocycles. The lowest BCUT2D eigenvalue weighted by molar-refractivity contribution is 0.0907. The number of carbonyl (C=O) groups excluding carboxylic acids is 4. The second-order valence-corrected chi connectivity index (χ2v) is 12.5. The summed E-state index contributed by atoms with van der Waals surface area (Å²) >= 11 is 12.4. The Morgan fingerprint density at radius 3 is 0.917 bits per heavy atom. The molecule has 2 aliphatic carbocycles. The maximum absolute atomic E-state index is 12.4. The van der Waals surface area contributed by atoms with Gasteiger partial charge in [0.25, 0.3) is 0 Å². The van der Waals surface area contributed by atoms with E-state index in [9.17, 15) is 19.2 Å². The minimum Gasteiger partial charge on any atom is -0.291 e. The van der Waals surface area contributed by atoms with Gasteiger partial charge in [0.1, 0.15) is 0 Å². The standard InChI is InChI=1S/C16H4Br4O4/c17-15(18)11(21)7-1-5-2-9-10(14(24)16(19,20)13(9)23)4-6(5)3-8(7)12(15)22/h1-4H. The average Bonchev–Trinajstić information content (AvgIpc) is 2.80. The first-order chi connectivity index (χ1) is 11.1. The zero-order valence-corrected chi connectivity index (χ0v) is 17.8. The van der Waals surface area contributed by atoms with E-state index >= 15 is 0 Å². The third kappa shape index (κ3) is 1.94. The molecule has 2 aromatic rings. The van der Waals surface area contributed by atoms with Crippen LogP contribution in [0.2, 0.25) is 0 Å². The van der Waals surface area contributed by atoms with Gasteiger partial charge >= 0.3 is 0 Å². The van der Waals surface area contributed by atoms with Crippen molar-refractivity contribution in [1.29, 1.82) is 0 Å². The molecule has 0 amide bonds. The molecule has 0 fully saturated rings. The van der Waals surface area contributed by atoms with Gasteiger partial charge in [-0.2, -0.15) is 0 Å². The van der Waals surface area contributed by atoms with Crippen molar-refractivity contribution in [3.63, 3.8) is 0 Å². The molecule has 0 radical (unpaired) electrons. The van der Waals surface area contributed by atoms with Crippen molar-refractivity contribution in [2.75, 3.05) is 0 Å². The van der Waals surface area contributed by atoms with Crippen molar-refractivity contribution in [3.05, 3.63) is 46.5 Å². The molecule has 0 unspecified atom stereocenters. The smallest absolute Gasteiger partial charge is 0.205 e. The van der Waals surface area contributed by atoms with Crippen LogP contribution in [0.1, 0.15) is 41.4 Å². The van der Waals surface area contributed by atoms with E-state index in [1.807, 2.05) is 0 Å². The summed E-state index contributed by atoms with van der Waals surface area (Å²) in [6.07, 6.45) is 0. The van der Waals surface area contributed by atoms with Gasteiger partial charge in [0.15, 0.2) is 23.1 Å². The summed E-state index contributed by atoms with van der Waals surface area (Å²) in [7, 11) is 0. The Morgan fingerprint density at radius 2 is 0.708 bits per heavy atom. The number of fused-ring (bicyclic) bond motifs is 3. The molecule has 2 aromatic carbocycles. The van der Waals surface area contributed by atoms with E-state index in [1.165, 1.54) is 0 Å². The molecule has 0 spiro atoms. The van der Waals surface area contributed by atoms with Crippen LogP contribution in [0.15, 0.2) is 24.3 Å². The summed E-state index contributed by atoms with van der Waals surface area (Å²) in [4.78, 5) is 49.5. The van der Waals surface area contributed by atoms with Crippen LogP contribution in [0, 0.1) is 0 Å². The average molecular weight is 580 g/mol. The van der Waals surface area contributed by atoms with Gasteiger partial charge in [-0.15, -0.1) is 0 Å². The van der Waals surface area contributed by atoms with Gasteiger partial charge in [-0.25, -0.2) is 0 Å². The molecule has 0 aromatic heterocycles. The predicted octanol–water partition coefficient (Wildman–Crippen LogP) is 4.57. The van der Waals surface area contributed by atoms with E-state index in [4.69, 9.17) is 0 Å². The van der Waals surface area contributed by atoms with Crippen molar-refractivity contribution in [2.24, 2.45) is 0 Å². The fraction of sp³-hybridized carbons (Fsp3) is 0.125. The largest absolute Gasteiger partial charge is 0.291 e. The lowest BCUT2D eigenvalue weighted by atomic mass is 9.98. The molecule has 0 N–H and O–H groups in total. The SMILES string of the molecule is O=C1c2cc3cc4c(cc3cc2C(=O)C1(Br)Br)C(=O)C(Br)(Br)C4=O. The molecule has 8 heteroatoms. The van der Waals surface area contributed by atoms with Crippen LogP contribution in [0.4, 0.5) is 0 Å². The quantitative estimate of drug-likeness (QED) is 0.339. The topological polar surface area (TPSA) is 68.3 Å². The Hall–Kier alpha value is -0.700. The van der Waals surface area contributed by atoms with Gasteiger partial charge in [0, 0.05) is 22.3 Å². The first-order valence-electron chi connectivity index (χ1n) is 6.63. The van der Waals surface area contributed by atoms with E-state index in [2.05, 4.69) is 63.7 Å². The Kier molecular flexibility index (Phi) is 3.44. The predicted molar refractivity (Wildman–Crippen MR) is 102 cm³/mol. The van der Waals surface area contributed by atoms with Gasteiger partial charge < -0.3 is 0 Å². The highest BCUT2D eigenvalue weighted by Gasteiger charge is 2.51. The summed E-state index contributed by atoms with van der Waals surface area (Å²) < 4.78 is -2.90. The molecule has 4 rings (SSSR count). The Morgan fingerprint density at radius 1 is 0.500 bits per heavy atom. The van der Waals surface area contributed by atoms with Crippen molar-refractivity contribution in [3.8, 4) is 0 Å². The molecule has 0 bridgehead atoms. The second kappa shape index (κ2) is 4.93. The van der Waals surface area contributed by atoms with E-state index in [0.717, 1.165) is 0 Å². The molecular weight excluding hydrogens is 576 g/mol. The molecule has 120 valence electrons. The van der Waals surface area contributed by atoms with Crippen molar-refractivity contribution >= 4 is 97.6 Å². The minimum absolute atomic E-state index is 0.280. The van der Waals surface area contributed by atoms with Crippen LogP contribution in [0.5, 0.6) is 0 Å². The maximum Gasteiger partial charge on any atom is 0.205 e. The molecule has 0 atom stereocenters. The Labute approximate surface area is 168 Å². The first-order valence-corrected chi connectivity index (χ1v) is 9.80. The van der Waals surface area contributed by atoms with Gasteiger partial charge in [-0.3, -0.25) is 19.2 Å². The summed E-state index contributed by atoms with van der Waals surface area (Å²) in [6.45, 7) is 0. The fourth-order valence-corrected chi connectivity index (χ4v) is 4.69. The number of halogens is 4. The van der Waals surface area contributed by atoms with E-state index in [0.29, 0.717) is 10.8 Å². The number of Topliss-reactive ketones (excluding diaryl/α,β-unsaturated/α-hetero) is 4. The summed E-state index contributed by atoms with van der Waals surface area (Å²) in [5.41, 5.74) is 1.12. The summed E-state index contributed by atoms with van der Waals surface area (Å²) in [5.74, 6) is -1.55. The highest BCUT2D eigenvalue weighted by molar-refractivity contribution is 9.26. The van der Waals surface area contributed by atoms with Crippen LogP contribution in [0.25, 0.3) is 10.8 Å². The van der Waals surface area contributed by atoms with Crippen molar-refractivity contribution in [1.82, 2.24) is 0 Å². The molecule has 24 heavy (non-hydrogen) atoms. The van der Waals surface area contributed by atoms with E-state index in [-0.39, 0.29) is 45.4 Å². The number of carbonyl (C=O) groups is 4. The van der Waals surface area contributed by atoms with Crippen LogP contribution in [-0.4, -0.2) is 29.6 Å². The third-order valence-electron chi connectivity index (χ3n) is 4.23. The van der Waals surface area contributed by atoms with Crippen molar-refractivity contribution < 1.29 is 19.2 Å². The maximum atomic E-state index is 12.4. The highest BCUT2D eigenvalue weighted by atomic mass is 79.9. The fourth-order valence-electron chi connectivity index (χ4n) is 2.98. The molecule has 2 aliphatic rings. The van der Waals surface area contributed by atoms with Crippen molar-refractivity contribution in [2.45, 2.75) is 6.47 Å². The second-order valence-electron chi connectivity index (χ2n) is 5.61. The molecule has 4 nitrogen and oxygen atoms in total. The zero-order chi connectivity index (χ0) is 17.6. The number of alkyl halides is 4. The lowest BCUT2D eigenvalue weighted by Crippen LogP contribution is -2.26. The van der Waals surface area contributed by atoms with Crippen LogP contribution >= 0.6 is 63.7 Å². The van der Waals surface area contributed by atoms with Gasteiger partial charge in [-0.05, 0) is 35.0 Å². The number of hydrogen-bond donors (Lipinski definition) is 0. The lowest BCUT2D eigenvalue weighted by Gasteiger charge is -2.06. The summed E-state index contributed by atoms with van der Waals surface area (Å²) in [5, 5.41) is 1.23. The van der Waals surface area contributed by atoms with Gasteiger partial charge in [0.2, 0.25) is 6.47 Å². The minimum atomic E-state index is -1.45. The number of hydrogen-bond acceptors (Lipinski definition) is 4. The third-order valence-corrected chi connectivity index (χ3v) is 7.11. The van der Waals surface area contributed by atoms with Crippen LogP contribution in [-0.2, 0) is 0 Å². The molecule has 0 saturated carbocycles. The number of rotatable bonds is 0. The van der Waals surface area contributed by atoms with E-state index < -0.39 is 6.47 Å². The van der Waals surface area contributed by atoms with Gasteiger partial charge in [-0.1, -0.05) is 63.7 Å². The molecule has 0 aliphatic heterocycles. The Bertz CT molecular complexity index is 879. The highest BCUT2D eigenvalue weighted by Crippen LogP contribution is 2.45. The summed E-state index contributed by atoms with van der Waals surface area (Å²) in [6, 6.07) is 6.32. The van der Waals surface area contributed by atoms with Crippen LogP contribution in [0.3, 0.4) is 0 Å². The molecular formula is C16H4Br4O4. The Balaban J connectivity index is 2.03. The molecule has 0 heterocycles. The normalized spacial score (nSPS) is 20.7. The van der Waals surface area contributed by atoms with E-state index in [1.54, 1.807) is 24.3 Å². The number of benzene rings is 2.